The number of hydrogen-bond donors (Lipinski definition) is 3. The molecule has 0 radical (unpaired) electrons. The van der Waals surface area contributed by atoms with E-state index in [1.165, 1.54) is 37.6 Å². The van der Waals surface area contributed by atoms with Crippen LogP contribution in [0.5, 0.6) is 11.5 Å². The topological polar surface area (TPSA) is 132 Å². The second kappa shape index (κ2) is 8.07. The molecule has 0 unspecified atom stereocenters. The molecule has 1 amide bonds. The van der Waals surface area contributed by atoms with E-state index in [-0.39, 0.29) is 27.6 Å². The van der Waals surface area contributed by atoms with E-state index in [1.54, 1.807) is 18.2 Å². The Morgan fingerprint density at radius 1 is 1.10 bits per heavy atom. The molecule has 0 bridgehead atoms. The van der Waals surface area contributed by atoms with Gasteiger partial charge in [0, 0.05) is 6.07 Å². The number of nitrogens with one attached hydrogen (secondary N) is 2. The molecule has 2 aromatic carbocycles. The molecule has 1 heterocycles. The number of aromatic nitrogens is 1. The molecule has 0 saturated heterocycles. The van der Waals surface area contributed by atoms with Gasteiger partial charge >= 0.3 is 0 Å². The highest BCUT2D eigenvalue weighted by molar-refractivity contribution is 7.92. The summed E-state index contributed by atoms with van der Waals surface area (Å²) in [5, 5.41) is 23.7. The Bertz CT molecular complexity index is 1160. The first kappa shape index (κ1) is 20.0. The van der Waals surface area contributed by atoms with Crippen molar-refractivity contribution in [2.45, 2.75) is 4.90 Å². The van der Waals surface area contributed by atoms with Crippen molar-refractivity contribution in [3.05, 3.63) is 77.8 Å². The molecular weight excluding hydrogens is 398 g/mol. The summed E-state index contributed by atoms with van der Waals surface area (Å²) in [4.78, 5) is 12.1. The van der Waals surface area contributed by atoms with E-state index in [9.17, 15) is 23.5 Å². The number of amides is 1. The van der Waals surface area contributed by atoms with Crippen molar-refractivity contribution in [3.8, 4) is 11.5 Å². The maximum Gasteiger partial charge on any atom is 0.262 e. The number of para-hydroxylation sites is 2. The van der Waals surface area contributed by atoms with Gasteiger partial charge in [-0.25, -0.2) is 8.42 Å². The lowest BCUT2D eigenvalue weighted by Crippen LogP contribution is -2.27. The van der Waals surface area contributed by atoms with E-state index in [4.69, 9.17) is 4.74 Å². The van der Waals surface area contributed by atoms with Crippen LogP contribution in [0.25, 0.3) is 0 Å². The van der Waals surface area contributed by atoms with Crippen molar-refractivity contribution in [1.29, 1.82) is 0 Å². The third-order valence-electron chi connectivity index (χ3n) is 3.92. The van der Waals surface area contributed by atoms with Crippen LogP contribution in [-0.4, -0.2) is 26.5 Å². The van der Waals surface area contributed by atoms with E-state index < -0.39 is 15.9 Å². The molecule has 29 heavy (non-hydrogen) atoms. The minimum Gasteiger partial charge on any atom is -0.619 e. The van der Waals surface area contributed by atoms with Gasteiger partial charge in [-0.2, -0.15) is 4.73 Å². The van der Waals surface area contributed by atoms with Crippen molar-refractivity contribution in [3.63, 3.8) is 0 Å². The van der Waals surface area contributed by atoms with Gasteiger partial charge < -0.3 is 20.4 Å². The zero-order valence-electron chi connectivity index (χ0n) is 15.2. The zero-order chi connectivity index (χ0) is 21.0. The van der Waals surface area contributed by atoms with Gasteiger partial charge in [-0.15, -0.1) is 0 Å². The van der Waals surface area contributed by atoms with Gasteiger partial charge in [0.25, 0.3) is 15.9 Å². The molecule has 0 atom stereocenters. The lowest BCUT2D eigenvalue weighted by Gasteiger charge is -2.13. The molecule has 0 spiro atoms. The van der Waals surface area contributed by atoms with E-state index in [2.05, 4.69) is 10.0 Å². The molecule has 1 aromatic heterocycles. The van der Waals surface area contributed by atoms with Gasteiger partial charge in [-0.3, -0.25) is 9.52 Å². The Kier molecular flexibility index (Phi) is 5.55. The highest BCUT2D eigenvalue weighted by Crippen LogP contribution is 2.30. The lowest BCUT2D eigenvalue weighted by atomic mass is 10.2. The molecular formula is C19H17N3O6S. The molecule has 150 valence electrons. The van der Waals surface area contributed by atoms with Gasteiger partial charge in [0.1, 0.15) is 17.1 Å². The first-order valence-electron chi connectivity index (χ1n) is 8.29. The van der Waals surface area contributed by atoms with Crippen LogP contribution in [0.15, 0.2) is 71.9 Å². The van der Waals surface area contributed by atoms with E-state index in [0.717, 1.165) is 18.3 Å². The number of ether oxygens (including phenoxy) is 1. The lowest BCUT2D eigenvalue weighted by molar-refractivity contribution is -0.605. The number of pyridine rings is 1. The van der Waals surface area contributed by atoms with Crippen LogP contribution in [0, 0.1) is 5.21 Å². The summed E-state index contributed by atoms with van der Waals surface area (Å²) in [6, 6.07) is 12.7. The number of nitrogens with zero attached hydrogens (tertiary/aromatic N) is 1. The summed E-state index contributed by atoms with van der Waals surface area (Å²) >= 11 is 0. The number of rotatable bonds is 6. The molecule has 0 aliphatic heterocycles. The number of carbonyl (C=O) groups excluding carboxylic acids is 1. The molecule has 0 aliphatic carbocycles. The summed E-state index contributed by atoms with van der Waals surface area (Å²) in [6.45, 7) is 0. The number of phenols is 1. The van der Waals surface area contributed by atoms with Crippen LogP contribution >= 0.6 is 0 Å². The fourth-order valence-corrected chi connectivity index (χ4v) is 3.59. The van der Waals surface area contributed by atoms with E-state index in [1.807, 2.05) is 0 Å². The molecule has 9 nitrogen and oxygen atoms in total. The van der Waals surface area contributed by atoms with Crippen LogP contribution < -0.4 is 19.5 Å². The van der Waals surface area contributed by atoms with E-state index >= 15 is 0 Å². The summed E-state index contributed by atoms with van der Waals surface area (Å²) in [6.07, 6.45) is 2.27. The molecule has 0 saturated carbocycles. The van der Waals surface area contributed by atoms with Crippen molar-refractivity contribution in [2.24, 2.45) is 0 Å². The number of methoxy groups -OCH3 is 1. The minimum absolute atomic E-state index is 0.0438. The SMILES string of the molecule is COc1ccccc1NS(=O)(=O)c1ccc(O)c(NC(=O)c2ccc[n+]([O-])c2)c1. The fraction of sp³-hybridized carbons (Fsp3) is 0.0526. The quantitative estimate of drug-likeness (QED) is 0.321. The molecule has 0 aliphatic rings. The second-order valence-corrected chi connectivity index (χ2v) is 7.57. The average Bonchev–Trinajstić information content (AvgIpc) is 2.69. The van der Waals surface area contributed by atoms with Crippen molar-refractivity contribution < 1.29 is 27.8 Å². The number of benzene rings is 2. The Hall–Kier alpha value is -3.79. The van der Waals surface area contributed by atoms with Crippen LogP contribution in [0.4, 0.5) is 11.4 Å². The maximum absolute atomic E-state index is 12.7. The number of hydrogen-bond acceptors (Lipinski definition) is 6. The van der Waals surface area contributed by atoms with Crippen molar-refractivity contribution >= 4 is 27.3 Å². The number of sulfonamides is 1. The summed E-state index contributed by atoms with van der Waals surface area (Å²) in [7, 11) is -2.63. The highest BCUT2D eigenvalue weighted by Gasteiger charge is 2.19. The minimum atomic E-state index is -4.04. The predicted molar refractivity (Wildman–Crippen MR) is 105 cm³/mol. The van der Waals surface area contributed by atoms with Gasteiger partial charge in [0.05, 0.1) is 23.4 Å². The second-order valence-electron chi connectivity index (χ2n) is 5.89. The molecule has 3 rings (SSSR count). The maximum atomic E-state index is 12.7. The van der Waals surface area contributed by atoms with Gasteiger partial charge in [0.2, 0.25) is 0 Å². The smallest absolute Gasteiger partial charge is 0.262 e. The molecule has 0 fully saturated rings. The Labute approximate surface area is 166 Å². The highest BCUT2D eigenvalue weighted by atomic mass is 32.2. The monoisotopic (exact) mass is 415 g/mol. The number of phenolic OH excluding ortho intramolecular Hbond substituents is 1. The molecule has 10 heteroatoms. The predicted octanol–water partition coefficient (Wildman–Crippen LogP) is 2.09. The van der Waals surface area contributed by atoms with Gasteiger partial charge in [-0.05, 0) is 36.4 Å². The van der Waals surface area contributed by atoms with Gasteiger partial charge in [0.15, 0.2) is 12.4 Å². The number of carbonyl (C=O) groups is 1. The van der Waals surface area contributed by atoms with Crippen LogP contribution in [0.3, 0.4) is 0 Å². The first-order chi connectivity index (χ1) is 13.8. The van der Waals surface area contributed by atoms with E-state index in [0.29, 0.717) is 10.5 Å². The summed E-state index contributed by atoms with van der Waals surface area (Å²) in [5.74, 6) is -0.684. The fourth-order valence-electron chi connectivity index (χ4n) is 2.50. The number of aromatic hydroxyl groups is 1. The van der Waals surface area contributed by atoms with Crippen LogP contribution in [0.1, 0.15) is 10.4 Å². The third kappa shape index (κ3) is 4.55. The normalized spacial score (nSPS) is 10.9. The Morgan fingerprint density at radius 2 is 1.86 bits per heavy atom. The van der Waals surface area contributed by atoms with Crippen LogP contribution in [0.2, 0.25) is 0 Å². The van der Waals surface area contributed by atoms with Crippen molar-refractivity contribution in [1.82, 2.24) is 0 Å². The molecule has 3 N–H and O–H groups in total. The zero-order valence-corrected chi connectivity index (χ0v) is 16.0. The third-order valence-corrected chi connectivity index (χ3v) is 5.28. The average molecular weight is 415 g/mol. The van der Waals surface area contributed by atoms with Crippen molar-refractivity contribution in [2.75, 3.05) is 17.1 Å². The Balaban J connectivity index is 1.89. The number of anilines is 2. The van der Waals surface area contributed by atoms with Gasteiger partial charge in [-0.1, -0.05) is 12.1 Å². The largest absolute Gasteiger partial charge is 0.619 e. The molecule has 3 aromatic rings. The summed E-state index contributed by atoms with van der Waals surface area (Å²) < 4.78 is 33.4. The van der Waals surface area contributed by atoms with Crippen LogP contribution in [-0.2, 0) is 10.0 Å². The standard InChI is InChI=1S/C19H17N3O6S/c1-28-18-7-3-2-6-15(18)21-29(26,27)14-8-9-17(23)16(11-14)20-19(24)13-5-4-10-22(25)12-13/h2-12,21,23H,1H3,(H,20,24). The summed E-state index contributed by atoms with van der Waals surface area (Å²) in [5.41, 5.74) is 0.152. The first-order valence-corrected chi connectivity index (χ1v) is 9.77. The Morgan fingerprint density at radius 3 is 2.59 bits per heavy atom.